The van der Waals surface area contributed by atoms with Crippen molar-refractivity contribution in [1.29, 1.82) is 0 Å². The maximum absolute atomic E-state index is 11.8. The van der Waals surface area contributed by atoms with Gasteiger partial charge in [-0.25, -0.2) is 4.79 Å². The van der Waals surface area contributed by atoms with Gasteiger partial charge in [-0.1, -0.05) is 0 Å². The summed E-state index contributed by atoms with van der Waals surface area (Å²) < 4.78 is 6.77. The van der Waals surface area contributed by atoms with E-state index in [0.717, 1.165) is 0 Å². The molecule has 1 aromatic heterocycles. The maximum atomic E-state index is 11.8. The van der Waals surface area contributed by atoms with Crippen molar-refractivity contribution in [2.45, 2.75) is 38.7 Å². The third-order valence-electron chi connectivity index (χ3n) is 2.86. The maximum Gasteiger partial charge on any atom is 0.351 e. The van der Waals surface area contributed by atoms with Crippen molar-refractivity contribution in [3.8, 4) is 0 Å². The van der Waals surface area contributed by atoms with Crippen molar-refractivity contribution in [2.24, 2.45) is 0 Å². The molecular formula is C11H16N4O4. The number of carbonyl (C=O) groups excluding carboxylic acids is 1. The fourth-order valence-electron chi connectivity index (χ4n) is 1.82. The van der Waals surface area contributed by atoms with Crippen LogP contribution in [0.5, 0.6) is 0 Å². The molecule has 8 heteroatoms. The summed E-state index contributed by atoms with van der Waals surface area (Å²) in [5.74, 6) is -0.0508. The van der Waals surface area contributed by atoms with Gasteiger partial charge in [0.05, 0.1) is 12.2 Å². The standard InChI is InChI=1S/C11H16N4O4/c1-6-8(17)5-10(19-6)15-4-3-9(12-11(15)18)14-13-7(2)16/h3-4,6,8,10,17H,5H2,1-2H3,(H,13,16)(H,12,14,18). The summed E-state index contributed by atoms with van der Waals surface area (Å²) in [5, 5.41) is 9.60. The van der Waals surface area contributed by atoms with Gasteiger partial charge in [0.2, 0.25) is 5.91 Å². The number of hydrogen-bond donors (Lipinski definition) is 3. The second-order valence-corrected chi connectivity index (χ2v) is 4.41. The van der Waals surface area contributed by atoms with Crippen molar-refractivity contribution in [1.82, 2.24) is 15.0 Å². The number of amides is 1. The average Bonchev–Trinajstić information content (AvgIpc) is 2.67. The van der Waals surface area contributed by atoms with Gasteiger partial charge in [-0.2, -0.15) is 4.98 Å². The molecule has 3 N–H and O–H groups in total. The Kier molecular flexibility index (Phi) is 3.82. The molecule has 2 rings (SSSR count). The number of carbonyl (C=O) groups is 1. The summed E-state index contributed by atoms with van der Waals surface area (Å²) in [7, 11) is 0. The van der Waals surface area contributed by atoms with Crippen molar-refractivity contribution in [2.75, 3.05) is 5.43 Å². The normalized spacial score (nSPS) is 26.2. The van der Waals surface area contributed by atoms with Gasteiger partial charge in [-0.05, 0) is 13.0 Å². The van der Waals surface area contributed by atoms with E-state index in [2.05, 4.69) is 15.8 Å². The first-order valence-corrected chi connectivity index (χ1v) is 5.92. The van der Waals surface area contributed by atoms with Gasteiger partial charge in [0, 0.05) is 19.5 Å². The van der Waals surface area contributed by atoms with Gasteiger partial charge in [0.25, 0.3) is 0 Å². The molecule has 2 heterocycles. The lowest BCUT2D eigenvalue weighted by molar-refractivity contribution is -0.118. The number of nitrogens with zero attached hydrogens (tertiary/aromatic N) is 2. The SMILES string of the molecule is CC(=O)NNc1ccn(C2CC(O)C(C)O2)c(=O)n1. The molecule has 1 aromatic rings. The lowest BCUT2D eigenvalue weighted by Gasteiger charge is -2.14. The molecule has 0 bridgehead atoms. The van der Waals surface area contributed by atoms with Crippen LogP contribution in [0.3, 0.4) is 0 Å². The molecule has 3 atom stereocenters. The first-order chi connectivity index (χ1) is 8.97. The van der Waals surface area contributed by atoms with Crippen molar-refractivity contribution in [3.63, 3.8) is 0 Å². The molecule has 1 amide bonds. The average molecular weight is 268 g/mol. The zero-order valence-electron chi connectivity index (χ0n) is 10.7. The summed E-state index contributed by atoms with van der Waals surface area (Å²) in [6, 6.07) is 1.54. The summed E-state index contributed by atoms with van der Waals surface area (Å²) in [4.78, 5) is 26.3. The van der Waals surface area contributed by atoms with E-state index in [1.54, 1.807) is 6.92 Å². The van der Waals surface area contributed by atoms with E-state index in [-0.39, 0.29) is 17.8 Å². The number of hydrogen-bond acceptors (Lipinski definition) is 6. The summed E-state index contributed by atoms with van der Waals surface area (Å²) in [6.45, 7) is 3.08. The van der Waals surface area contributed by atoms with Gasteiger partial charge < -0.3 is 9.84 Å². The molecule has 0 saturated carbocycles. The smallest absolute Gasteiger partial charge is 0.351 e. The molecule has 1 aliphatic rings. The monoisotopic (exact) mass is 268 g/mol. The molecule has 3 unspecified atom stereocenters. The highest BCUT2D eigenvalue weighted by atomic mass is 16.5. The van der Waals surface area contributed by atoms with Crippen LogP contribution >= 0.6 is 0 Å². The highest BCUT2D eigenvalue weighted by molar-refractivity contribution is 5.74. The number of aromatic nitrogens is 2. The number of rotatable bonds is 3. The second-order valence-electron chi connectivity index (χ2n) is 4.41. The topological polar surface area (TPSA) is 105 Å². The minimum absolute atomic E-state index is 0.239. The Labute approximate surface area is 109 Å². The van der Waals surface area contributed by atoms with E-state index < -0.39 is 18.0 Å². The first-order valence-electron chi connectivity index (χ1n) is 5.92. The number of nitrogens with one attached hydrogen (secondary N) is 2. The van der Waals surface area contributed by atoms with E-state index in [9.17, 15) is 14.7 Å². The minimum Gasteiger partial charge on any atom is -0.390 e. The Bertz CT molecular complexity index is 520. The number of ether oxygens (including phenoxy) is 1. The lowest BCUT2D eigenvalue weighted by Crippen LogP contribution is -2.31. The van der Waals surface area contributed by atoms with Gasteiger partial charge in [-0.3, -0.25) is 20.2 Å². The van der Waals surface area contributed by atoms with Crippen LogP contribution in [-0.4, -0.2) is 32.8 Å². The van der Waals surface area contributed by atoms with E-state index in [4.69, 9.17) is 4.74 Å². The molecule has 0 radical (unpaired) electrons. The Morgan fingerprint density at radius 2 is 2.37 bits per heavy atom. The fourth-order valence-corrected chi connectivity index (χ4v) is 1.82. The van der Waals surface area contributed by atoms with Crippen molar-refractivity contribution in [3.05, 3.63) is 22.7 Å². The van der Waals surface area contributed by atoms with E-state index in [1.807, 2.05) is 0 Å². The molecule has 1 saturated heterocycles. The van der Waals surface area contributed by atoms with E-state index in [1.165, 1.54) is 23.8 Å². The molecular weight excluding hydrogens is 252 g/mol. The molecule has 104 valence electrons. The van der Waals surface area contributed by atoms with Gasteiger partial charge >= 0.3 is 5.69 Å². The zero-order valence-corrected chi connectivity index (χ0v) is 10.7. The second kappa shape index (κ2) is 5.37. The number of aliphatic hydroxyl groups excluding tert-OH is 1. The van der Waals surface area contributed by atoms with Crippen LogP contribution < -0.4 is 16.5 Å². The Morgan fingerprint density at radius 3 is 2.89 bits per heavy atom. The molecule has 8 nitrogen and oxygen atoms in total. The number of hydrazine groups is 1. The van der Waals surface area contributed by atoms with Crippen LogP contribution in [0.1, 0.15) is 26.5 Å². The summed E-state index contributed by atoms with van der Waals surface area (Å²) in [6.07, 6.45) is 0.443. The zero-order chi connectivity index (χ0) is 14.0. The number of aliphatic hydroxyl groups is 1. The van der Waals surface area contributed by atoms with Crippen LogP contribution in [-0.2, 0) is 9.53 Å². The third-order valence-corrected chi connectivity index (χ3v) is 2.86. The fraction of sp³-hybridized carbons (Fsp3) is 0.545. The molecule has 0 aliphatic carbocycles. The third kappa shape index (κ3) is 3.09. The lowest BCUT2D eigenvalue weighted by atomic mass is 10.2. The Morgan fingerprint density at radius 1 is 1.63 bits per heavy atom. The van der Waals surface area contributed by atoms with E-state index >= 15 is 0 Å². The van der Waals surface area contributed by atoms with Crippen LogP contribution in [0.2, 0.25) is 0 Å². The van der Waals surface area contributed by atoms with Crippen molar-refractivity contribution < 1.29 is 14.6 Å². The molecule has 0 spiro atoms. The quantitative estimate of drug-likeness (QED) is 0.631. The predicted octanol–water partition coefficient (Wildman–Crippen LogP) is -0.625. The Balaban J connectivity index is 2.12. The van der Waals surface area contributed by atoms with Gasteiger partial charge in [-0.15, -0.1) is 0 Å². The predicted molar refractivity (Wildman–Crippen MR) is 66.1 cm³/mol. The molecule has 1 fully saturated rings. The first kappa shape index (κ1) is 13.5. The van der Waals surface area contributed by atoms with Crippen LogP contribution in [0, 0.1) is 0 Å². The van der Waals surface area contributed by atoms with Crippen molar-refractivity contribution >= 4 is 11.7 Å². The molecule has 1 aliphatic heterocycles. The number of anilines is 1. The highest BCUT2D eigenvalue weighted by Crippen LogP contribution is 2.27. The van der Waals surface area contributed by atoms with E-state index in [0.29, 0.717) is 6.42 Å². The molecule has 19 heavy (non-hydrogen) atoms. The largest absolute Gasteiger partial charge is 0.390 e. The Hall–Kier alpha value is -1.93. The van der Waals surface area contributed by atoms with Crippen LogP contribution in [0.4, 0.5) is 5.82 Å². The van der Waals surface area contributed by atoms with Gasteiger partial charge in [0.15, 0.2) is 5.82 Å². The van der Waals surface area contributed by atoms with Gasteiger partial charge in [0.1, 0.15) is 6.23 Å². The summed E-state index contributed by atoms with van der Waals surface area (Å²) >= 11 is 0. The summed E-state index contributed by atoms with van der Waals surface area (Å²) in [5.41, 5.74) is 4.32. The highest BCUT2D eigenvalue weighted by Gasteiger charge is 2.32. The molecule has 0 aromatic carbocycles. The van der Waals surface area contributed by atoms with Crippen LogP contribution in [0.15, 0.2) is 17.1 Å². The minimum atomic E-state index is -0.589. The van der Waals surface area contributed by atoms with Crippen LogP contribution in [0.25, 0.3) is 0 Å².